The van der Waals surface area contributed by atoms with E-state index in [0.717, 1.165) is 25.2 Å². The van der Waals surface area contributed by atoms with Gasteiger partial charge in [0, 0.05) is 24.7 Å². The third kappa shape index (κ3) is 3.09. The van der Waals surface area contributed by atoms with Gasteiger partial charge in [0.1, 0.15) is 12.2 Å². The van der Waals surface area contributed by atoms with Gasteiger partial charge >= 0.3 is 0 Å². The van der Waals surface area contributed by atoms with Gasteiger partial charge in [-0.15, -0.1) is 0 Å². The number of benzene rings is 1. The number of rotatable bonds is 4. The molecule has 0 fully saturated rings. The highest BCUT2D eigenvalue weighted by Gasteiger charge is 2.25. The van der Waals surface area contributed by atoms with Crippen LogP contribution in [0.25, 0.3) is 0 Å². The highest BCUT2D eigenvalue weighted by Crippen LogP contribution is 2.35. The lowest BCUT2D eigenvalue weighted by Gasteiger charge is -2.31. The van der Waals surface area contributed by atoms with Gasteiger partial charge in [-0.05, 0) is 36.8 Å². The Morgan fingerprint density at radius 3 is 2.95 bits per heavy atom. The second kappa shape index (κ2) is 5.88. The molecule has 0 bridgehead atoms. The van der Waals surface area contributed by atoms with Gasteiger partial charge in [0.05, 0.1) is 0 Å². The molecule has 21 heavy (non-hydrogen) atoms. The Kier molecular flexibility index (Phi) is 3.95. The summed E-state index contributed by atoms with van der Waals surface area (Å²) in [4.78, 5) is 4.49. The molecule has 0 radical (unpaired) electrons. The van der Waals surface area contributed by atoms with E-state index in [-0.39, 0.29) is 0 Å². The summed E-state index contributed by atoms with van der Waals surface area (Å²) in [5.41, 5.74) is 2.69. The topological polar surface area (TPSA) is 42.7 Å². The van der Waals surface area contributed by atoms with E-state index >= 15 is 0 Å². The number of hydrogen-bond acceptors (Lipinski definition) is 3. The largest absolute Gasteiger partial charge is 0.382 e. The zero-order valence-electron chi connectivity index (χ0n) is 13.1. The van der Waals surface area contributed by atoms with Crippen LogP contribution in [0.1, 0.15) is 44.5 Å². The molecule has 2 unspecified atom stereocenters. The third-order valence-electron chi connectivity index (χ3n) is 4.10. The minimum Gasteiger partial charge on any atom is -0.382 e. The van der Waals surface area contributed by atoms with Crippen LogP contribution in [0, 0.1) is 5.92 Å². The molecule has 0 spiro atoms. The first-order chi connectivity index (χ1) is 10.1. The molecular formula is C17H24N4. The van der Waals surface area contributed by atoms with E-state index in [1.807, 2.05) is 0 Å². The Morgan fingerprint density at radius 2 is 2.14 bits per heavy atom. The number of anilines is 1. The van der Waals surface area contributed by atoms with Crippen molar-refractivity contribution in [3.8, 4) is 0 Å². The molecule has 2 heterocycles. The van der Waals surface area contributed by atoms with E-state index in [9.17, 15) is 0 Å². The van der Waals surface area contributed by atoms with Crippen molar-refractivity contribution in [1.29, 1.82) is 0 Å². The molecule has 0 aliphatic carbocycles. The normalized spacial score (nSPS) is 21.1. The van der Waals surface area contributed by atoms with Crippen LogP contribution in [0.5, 0.6) is 0 Å². The summed E-state index contributed by atoms with van der Waals surface area (Å²) in [5, 5.41) is 7.96. The van der Waals surface area contributed by atoms with Gasteiger partial charge in [0.15, 0.2) is 0 Å². The van der Waals surface area contributed by atoms with Gasteiger partial charge in [-0.3, -0.25) is 0 Å². The van der Waals surface area contributed by atoms with Crippen LogP contribution in [0.15, 0.2) is 30.6 Å². The molecule has 2 aromatic rings. The molecular weight excluding hydrogens is 260 g/mol. The van der Waals surface area contributed by atoms with Gasteiger partial charge < -0.3 is 5.32 Å². The number of nitrogens with zero attached hydrogens (tertiary/aromatic N) is 3. The predicted molar refractivity (Wildman–Crippen MR) is 85.4 cm³/mol. The molecule has 0 amide bonds. The number of para-hydroxylation sites is 1. The standard InChI is InChI=1S/C17H24N4/c1-12(2)10-21-17(18-11-19-21)9-14-8-13(3)20-16-7-5-4-6-15(14)16/h4-7,11-14,20H,8-10H2,1-3H3. The summed E-state index contributed by atoms with van der Waals surface area (Å²) in [6.45, 7) is 7.63. The Morgan fingerprint density at radius 1 is 1.33 bits per heavy atom. The molecule has 1 aliphatic heterocycles. The van der Waals surface area contributed by atoms with Gasteiger partial charge in [0.25, 0.3) is 0 Å². The van der Waals surface area contributed by atoms with Crippen molar-refractivity contribution in [2.24, 2.45) is 5.92 Å². The zero-order valence-corrected chi connectivity index (χ0v) is 13.1. The lowest BCUT2D eigenvalue weighted by molar-refractivity contribution is 0.449. The van der Waals surface area contributed by atoms with Crippen molar-refractivity contribution in [2.75, 3.05) is 5.32 Å². The molecule has 1 aliphatic rings. The van der Waals surface area contributed by atoms with Crippen molar-refractivity contribution in [2.45, 2.75) is 52.1 Å². The van der Waals surface area contributed by atoms with Gasteiger partial charge in [-0.1, -0.05) is 32.0 Å². The molecule has 1 aromatic heterocycles. The number of hydrogen-bond donors (Lipinski definition) is 1. The lowest BCUT2D eigenvalue weighted by atomic mass is 9.85. The second-order valence-corrected chi connectivity index (χ2v) is 6.52. The molecule has 1 N–H and O–H groups in total. The van der Waals surface area contributed by atoms with Crippen LogP contribution >= 0.6 is 0 Å². The van der Waals surface area contributed by atoms with E-state index < -0.39 is 0 Å². The zero-order chi connectivity index (χ0) is 14.8. The average molecular weight is 284 g/mol. The van der Waals surface area contributed by atoms with Crippen molar-refractivity contribution < 1.29 is 0 Å². The first-order valence-electron chi connectivity index (χ1n) is 7.85. The summed E-state index contributed by atoms with van der Waals surface area (Å²) in [6, 6.07) is 9.15. The minimum atomic E-state index is 0.506. The first-order valence-corrected chi connectivity index (χ1v) is 7.85. The summed E-state index contributed by atoms with van der Waals surface area (Å²) in [7, 11) is 0. The molecule has 4 nitrogen and oxygen atoms in total. The SMILES string of the molecule is CC(C)Cn1ncnc1CC1CC(C)Nc2ccccc21. The molecule has 3 rings (SSSR count). The smallest absolute Gasteiger partial charge is 0.138 e. The average Bonchev–Trinajstić information content (AvgIpc) is 2.85. The van der Waals surface area contributed by atoms with E-state index in [0.29, 0.717) is 17.9 Å². The van der Waals surface area contributed by atoms with Crippen LogP contribution < -0.4 is 5.32 Å². The Balaban J connectivity index is 1.84. The van der Waals surface area contributed by atoms with Crippen molar-refractivity contribution in [3.63, 3.8) is 0 Å². The minimum absolute atomic E-state index is 0.506. The fraction of sp³-hybridized carbons (Fsp3) is 0.529. The van der Waals surface area contributed by atoms with E-state index in [1.165, 1.54) is 11.3 Å². The molecule has 112 valence electrons. The van der Waals surface area contributed by atoms with Crippen molar-refractivity contribution >= 4 is 5.69 Å². The number of aromatic nitrogens is 3. The van der Waals surface area contributed by atoms with Gasteiger partial charge in [-0.2, -0.15) is 5.10 Å². The highest BCUT2D eigenvalue weighted by atomic mass is 15.3. The summed E-state index contributed by atoms with van der Waals surface area (Å²) >= 11 is 0. The Labute approximate surface area is 126 Å². The van der Waals surface area contributed by atoms with Crippen LogP contribution in [-0.2, 0) is 13.0 Å². The molecule has 1 aromatic carbocycles. The van der Waals surface area contributed by atoms with Crippen molar-refractivity contribution in [1.82, 2.24) is 14.8 Å². The maximum atomic E-state index is 4.49. The maximum Gasteiger partial charge on any atom is 0.138 e. The monoisotopic (exact) mass is 284 g/mol. The van der Waals surface area contributed by atoms with Crippen LogP contribution in [0.2, 0.25) is 0 Å². The Hall–Kier alpha value is -1.84. The molecule has 2 atom stereocenters. The van der Waals surface area contributed by atoms with E-state index in [4.69, 9.17) is 0 Å². The van der Waals surface area contributed by atoms with Gasteiger partial charge in [0.2, 0.25) is 0 Å². The fourth-order valence-electron chi connectivity index (χ4n) is 3.22. The van der Waals surface area contributed by atoms with Gasteiger partial charge in [-0.25, -0.2) is 9.67 Å². The first kappa shape index (κ1) is 14.1. The fourth-order valence-corrected chi connectivity index (χ4v) is 3.22. The molecule has 4 heteroatoms. The second-order valence-electron chi connectivity index (χ2n) is 6.52. The van der Waals surface area contributed by atoms with Crippen LogP contribution in [0.3, 0.4) is 0 Å². The Bertz CT molecular complexity index is 602. The third-order valence-corrected chi connectivity index (χ3v) is 4.10. The number of fused-ring (bicyclic) bond motifs is 1. The van der Waals surface area contributed by atoms with Crippen molar-refractivity contribution in [3.05, 3.63) is 42.0 Å². The van der Waals surface area contributed by atoms with Crippen LogP contribution in [-0.4, -0.2) is 20.8 Å². The van der Waals surface area contributed by atoms with Crippen LogP contribution in [0.4, 0.5) is 5.69 Å². The highest BCUT2D eigenvalue weighted by molar-refractivity contribution is 5.55. The summed E-state index contributed by atoms with van der Waals surface area (Å²) in [6.07, 6.45) is 3.80. The van der Waals surface area contributed by atoms with E-state index in [1.54, 1.807) is 6.33 Å². The summed E-state index contributed by atoms with van der Waals surface area (Å²) in [5.74, 6) is 2.22. The number of nitrogens with one attached hydrogen (secondary N) is 1. The predicted octanol–water partition coefficient (Wildman–Crippen LogP) is 3.46. The maximum absolute atomic E-state index is 4.49. The summed E-state index contributed by atoms with van der Waals surface area (Å²) < 4.78 is 2.07. The molecule has 0 saturated heterocycles. The van der Waals surface area contributed by atoms with E-state index in [2.05, 4.69) is 65.1 Å². The quantitative estimate of drug-likeness (QED) is 0.935. The molecule has 0 saturated carbocycles. The lowest BCUT2D eigenvalue weighted by Crippen LogP contribution is -2.27.